The molecule has 3 nitrogen and oxygen atoms in total. The highest BCUT2D eigenvalue weighted by Gasteiger charge is 2.12. The van der Waals surface area contributed by atoms with Crippen molar-refractivity contribution in [3.8, 4) is 0 Å². The van der Waals surface area contributed by atoms with Gasteiger partial charge < -0.3 is 5.11 Å². The lowest BCUT2D eigenvalue weighted by molar-refractivity contribution is -0.131. The van der Waals surface area contributed by atoms with Crippen LogP contribution in [0.15, 0.2) is 35.0 Å². The molecule has 0 atom stereocenters. The number of carboxylic acids is 1. The Bertz CT molecular complexity index is 600. The van der Waals surface area contributed by atoms with Crippen molar-refractivity contribution in [2.24, 2.45) is 0 Å². The van der Waals surface area contributed by atoms with Crippen LogP contribution >= 0.6 is 22.7 Å². The number of hydrogen-bond acceptors (Lipinski definition) is 4. The zero-order valence-electron chi connectivity index (χ0n) is 12.2. The van der Waals surface area contributed by atoms with Gasteiger partial charge in [-0.2, -0.15) is 0 Å². The van der Waals surface area contributed by atoms with Gasteiger partial charge in [0.15, 0.2) is 0 Å². The molecule has 0 aliphatic heterocycles. The number of thiophene rings is 2. The van der Waals surface area contributed by atoms with E-state index in [0.29, 0.717) is 6.04 Å². The van der Waals surface area contributed by atoms with Crippen LogP contribution in [0.5, 0.6) is 0 Å². The van der Waals surface area contributed by atoms with Gasteiger partial charge in [0.25, 0.3) is 0 Å². The van der Waals surface area contributed by atoms with E-state index in [1.54, 1.807) is 28.7 Å². The number of hydrogen-bond donors (Lipinski definition) is 1. The Hall–Kier alpha value is -1.43. The van der Waals surface area contributed by atoms with E-state index in [2.05, 4.69) is 42.3 Å². The number of rotatable bonds is 7. The van der Waals surface area contributed by atoms with Crippen LogP contribution in [0.4, 0.5) is 0 Å². The SMILES string of the molecule is CC(C)N(Cc1cccs1)Cc1cc(C=CC(=O)O)cs1. The van der Waals surface area contributed by atoms with Crippen molar-refractivity contribution in [1.82, 2.24) is 4.90 Å². The predicted octanol–water partition coefficient (Wildman–Crippen LogP) is 4.32. The lowest BCUT2D eigenvalue weighted by atomic mass is 10.2. The van der Waals surface area contributed by atoms with Gasteiger partial charge in [-0.25, -0.2) is 4.79 Å². The topological polar surface area (TPSA) is 40.5 Å². The maximum absolute atomic E-state index is 10.5. The van der Waals surface area contributed by atoms with Crippen LogP contribution in [0.3, 0.4) is 0 Å². The molecule has 0 amide bonds. The van der Waals surface area contributed by atoms with Crippen LogP contribution in [0, 0.1) is 0 Å². The third-order valence-corrected chi connectivity index (χ3v) is 4.92. The molecule has 0 radical (unpaired) electrons. The van der Waals surface area contributed by atoms with Crippen LogP contribution in [-0.4, -0.2) is 22.0 Å². The zero-order valence-corrected chi connectivity index (χ0v) is 13.8. The molecule has 0 aromatic carbocycles. The van der Waals surface area contributed by atoms with E-state index < -0.39 is 5.97 Å². The summed E-state index contributed by atoms with van der Waals surface area (Å²) < 4.78 is 0. The minimum atomic E-state index is -0.913. The fraction of sp³-hybridized carbons (Fsp3) is 0.312. The first-order chi connectivity index (χ1) is 10.0. The predicted molar refractivity (Wildman–Crippen MR) is 89.7 cm³/mol. The molecular weight excluding hydrogens is 302 g/mol. The summed E-state index contributed by atoms with van der Waals surface area (Å²) in [5.74, 6) is -0.913. The summed E-state index contributed by atoms with van der Waals surface area (Å²) in [6.07, 6.45) is 2.82. The number of carboxylic acid groups (broad SMARTS) is 1. The Morgan fingerprint density at radius 3 is 2.71 bits per heavy atom. The number of aliphatic carboxylic acids is 1. The second kappa shape index (κ2) is 7.54. The molecule has 0 aliphatic rings. The van der Waals surface area contributed by atoms with Gasteiger partial charge in [-0.1, -0.05) is 6.07 Å². The van der Waals surface area contributed by atoms with Gasteiger partial charge in [0.2, 0.25) is 0 Å². The third-order valence-electron chi connectivity index (χ3n) is 3.12. The molecule has 2 aromatic rings. The molecule has 112 valence electrons. The summed E-state index contributed by atoms with van der Waals surface area (Å²) in [4.78, 5) is 15.6. The van der Waals surface area contributed by atoms with Crippen LogP contribution in [0.1, 0.15) is 29.2 Å². The molecule has 2 heterocycles. The van der Waals surface area contributed by atoms with Crippen molar-refractivity contribution in [3.63, 3.8) is 0 Å². The summed E-state index contributed by atoms with van der Waals surface area (Å²) in [6.45, 7) is 6.24. The van der Waals surface area contributed by atoms with Gasteiger partial charge in [0, 0.05) is 35.0 Å². The normalized spacial score (nSPS) is 11.8. The molecule has 1 N–H and O–H groups in total. The van der Waals surface area contributed by atoms with Crippen molar-refractivity contribution < 1.29 is 9.90 Å². The molecule has 0 spiro atoms. The molecule has 21 heavy (non-hydrogen) atoms. The summed E-state index contributed by atoms with van der Waals surface area (Å²) in [5.41, 5.74) is 0.956. The van der Waals surface area contributed by atoms with E-state index in [1.165, 1.54) is 15.8 Å². The Morgan fingerprint density at radius 2 is 2.10 bits per heavy atom. The van der Waals surface area contributed by atoms with E-state index in [1.807, 2.05) is 5.38 Å². The van der Waals surface area contributed by atoms with Crippen molar-refractivity contribution >= 4 is 34.7 Å². The molecule has 0 saturated carbocycles. The van der Waals surface area contributed by atoms with Gasteiger partial charge >= 0.3 is 5.97 Å². The van der Waals surface area contributed by atoms with Gasteiger partial charge in [0.05, 0.1) is 0 Å². The fourth-order valence-corrected chi connectivity index (χ4v) is 3.57. The molecule has 0 saturated heterocycles. The average Bonchev–Trinajstić information content (AvgIpc) is 3.07. The zero-order chi connectivity index (χ0) is 15.2. The Balaban J connectivity index is 2.02. The highest BCUT2D eigenvalue weighted by Crippen LogP contribution is 2.21. The lowest BCUT2D eigenvalue weighted by Crippen LogP contribution is -2.29. The van der Waals surface area contributed by atoms with Crippen LogP contribution < -0.4 is 0 Å². The minimum Gasteiger partial charge on any atom is -0.478 e. The Morgan fingerprint density at radius 1 is 1.33 bits per heavy atom. The largest absolute Gasteiger partial charge is 0.478 e. The van der Waals surface area contributed by atoms with E-state index in [9.17, 15) is 4.79 Å². The van der Waals surface area contributed by atoms with E-state index >= 15 is 0 Å². The maximum atomic E-state index is 10.5. The molecular formula is C16H19NO2S2. The Labute approximate surface area is 133 Å². The molecule has 0 bridgehead atoms. The van der Waals surface area contributed by atoms with E-state index in [-0.39, 0.29) is 0 Å². The summed E-state index contributed by atoms with van der Waals surface area (Å²) >= 11 is 3.46. The smallest absolute Gasteiger partial charge is 0.328 e. The third kappa shape index (κ3) is 5.12. The van der Waals surface area contributed by atoms with Crippen molar-refractivity contribution in [3.05, 3.63) is 50.4 Å². The van der Waals surface area contributed by atoms with E-state index in [0.717, 1.165) is 18.7 Å². The minimum absolute atomic E-state index is 0.465. The number of nitrogens with zero attached hydrogens (tertiary/aromatic N) is 1. The van der Waals surface area contributed by atoms with E-state index in [4.69, 9.17) is 5.11 Å². The highest BCUT2D eigenvalue weighted by molar-refractivity contribution is 7.10. The van der Waals surface area contributed by atoms with Gasteiger partial charge in [-0.15, -0.1) is 22.7 Å². The highest BCUT2D eigenvalue weighted by atomic mass is 32.1. The maximum Gasteiger partial charge on any atom is 0.328 e. The second-order valence-electron chi connectivity index (χ2n) is 5.10. The summed E-state index contributed by atoms with van der Waals surface area (Å²) in [5, 5.41) is 12.8. The first-order valence-corrected chi connectivity index (χ1v) is 8.55. The molecule has 5 heteroatoms. The molecule has 2 aromatic heterocycles. The first kappa shape index (κ1) is 15.9. The van der Waals surface area contributed by atoms with Crippen LogP contribution in [0.25, 0.3) is 6.08 Å². The summed E-state index contributed by atoms with van der Waals surface area (Å²) in [7, 11) is 0. The van der Waals surface area contributed by atoms with Gasteiger partial charge in [-0.3, -0.25) is 4.90 Å². The van der Waals surface area contributed by atoms with Crippen molar-refractivity contribution in [2.45, 2.75) is 33.0 Å². The quantitative estimate of drug-likeness (QED) is 0.772. The standard InChI is InChI=1S/C16H19NO2S2/c1-12(2)17(9-14-4-3-7-20-14)10-15-8-13(11-21-15)5-6-16(18)19/h3-8,11-12H,9-10H2,1-2H3,(H,18,19). The molecule has 0 unspecified atom stereocenters. The molecule has 0 aliphatic carbocycles. The fourth-order valence-electron chi connectivity index (χ4n) is 1.96. The lowest BCUT2D eigenvalue weighted by Gasteiger charge is -2.25. The van der Waals surface area contributed by atoms with Gasteiger partial charge in [-0.05, 0) is 48.4 Å². The van der Waals surface area contributed by atoms with Gasteiger partial charge in [0.1, 0.15) is 0 Å². The molecule has 2 rings (SSSR count). The first-order valence-electron chi connectivity index (χ1n) is 6.79. The molecule has 0 fully saturated rings. The summed E-state index contributed by atoms with van der Waals surface area (Å²) in [6, 6.07) is 6.77. The van der Waals surface area contributed by atoms with Crippen LogP contribution in [0.2, 0.25) is 0 Å². The monoisotopic (exact) mass is 321 g/mol. The number of carbonyl (C=O) groups is 1. The average molecular weight is 321 g/mol. The van der Waals surface area contributed by atoms with Crippen LogP contribution in [-0.2, 0) is 17.9 Å². The second-order valence-corrected chi connectivity index (χ2v) is 7.12. The Kier molecular flexibility index (Phi) is 5.73. The van der Waals surface area contributed by atoms with Crippen molar-refractivity contribution in [1.29, 1.82) is 0 Å². The van der Waals surface area contributed by atoms with Crippen molar-refractivity contribution in [2.75, 3.05) is 0 Å².